The molecule has 11 heteroatoms. The van der Waals surface area contributed by atoms with Crippen molar-refractivity contribution < 1.29 is 14.3 Å². The number of ether oxygens (including phenoxy) is 1. The molecule has 3 heterocycles. The molecular formula is C18H29N7O3S. The van der Waals surface area contributed by atoms with Gasteiger partial charge in [0.25, 0.3) is 0 Å². The number of likely N-dealkylation sites (tertiary alicyclic amines) is 2. The van der Waals surface area contributed by atoms with E-state index >= 15 is 0 Å². The van der Waals surface area contributed by atoms with Crippen molar-refractivity contribution in [2.75, 3.05) is 32.8 Å². The average Bonchev–Trinajstić information content (AvgIpc) is 3.33. The lowest BCUT2D eigenvalue weighted by atomic mass is 9.78. The van der Waals surface area contributed by atoms with Crippen molar-refractivity contribution in [3.8, 4) is 0 Å². The molecule has 29 heavy (non-hydrogen) atoms. The average molecular weight is 424 g/mol. The molecule has 10 nitrogen and oxygen atoms in total. The van der Waals surface area contributed by atoms with E-state index in [0.29, 0.717) is 18.1 Å². The molecule has 1 amide bonds. The van der Waals surface area contributed by atoms with Gasteiger partial charge in [0, 0.05) is 32.2 Å². The summed E-state index contributed by atoms with van der Waals surface area (Å²) in [6.07, 6.45) is 4.74. The predicted octanol–water partition coefficient (Wildman–Crippen LogP) is 0.204. The number of nitrogens with one attached hydrogen (secondary N) is 1. The van der Waals surface area contributed by atoms with Crippen molar-refractivity contribution in [2.24, 2.45) is 5.41 Å². The molecule has 2 aliphatic heterocycles. The number of esters is 1. The van der Waals surface area contributed by atoms with Crippen molar-refractivity contribution in [3.63, 3.8) is 0 Å². The molecule has 1 aromatic heterocycles. The number of thiocarbonyl (C=S) groups is 1. The second-order valence-corrected chi connectivity index (χ2v) is 8.31. The highest BCUT2D eigenvalue weighted by Crippen LogP contribution is 2.40. The number of rotatable bonds is 6. The first-order chi connectivity index (χ1) is 13.9. The third-order valence-electron chi connectivity index (χ3n) is 5.74. The summed E-state index contributed by atoms with van der Waals surface area (Å²) < 4.78 is 6.44. The fourth-order valence-electron chi connectivity index (χ4n) is 4.06. The number of carbonyl (C=O) groups excluding carboxylic acids is 2. The van der Waals surface area contributed by atoms with Gasteiger partial charge in [-0.25, -0.2) is 4.68 Å². The molecule has 1 N–H and O–H groups in total. The lowest BCUT2D eigenvalue weighted by Gasteiger charge is -2.39. The van der Waals surface area contributed by atoms with Crippen molar-refractivity contribution in [1.82, 2.24) is 35.3 Å². The van der Waals surface area contributed by atoms with Crippen LogP contribution >= 0.6 is 12.2 Å². The summed E-state index contributed by atoms with van der Waals surface area (Å²) in [5, 5.41) is 14.8. The normalized spacial score (nSPS) is 19.2. The van der Waals surface area contributed by atoms with E-state index in [1.54, 1.807) is 6.92 Å². The molecule has 1 atom stereocenters. The van der Waals surface area contributed by atoms with Gasteiger partial charge in [-0.05, 0) is 61.2 Å². The Morgan fingerprint density at radius 3 is 2.55 bits per heavy atom. The lowest BCUT2D eigenvalue weighted by Crippen LogP contribution is -2.47. The van der Waals surface area contributed by atoms with E-state index < -0.39 is 0 Å². The summed E-state index contributed by atoms with van der Waals surface area (Å²) in [4.78, 5) is 28.1. The largest absolute Gasteiger partial charge is 0.466 e. The van der Waals surface area contributed by atoms with Gasteiger partial charge in [0.05, 0.1) is 13.0 Å². The first kappa shape index (κ1) is 21.4. The topological polar surface area (TPSA) is 105 Å². The fourth-order valence-corrected chi connectivity index (χ4v) is 4.42. The molecule has 1 aromatic rings. The zero-order valence-corrected chi connectivity index (χ0v) is 17.9. The predicted molar refractivity (Wildman–Crippen MR) is 109 cm³/mol. The number of tetrazole rings is 1. The third-order valence-corrected chi connectivity index (χ3v) is 6.12. The van der Waals surface area contributed by atoms with Crippen LogP contribution in [0.4, 0.5) is 0 Å². The van der Waals surface area contributed by atoms with Crippen LogP contribution in [0.3, 0.4) is 0 Å². The van der Waals surface area contributed by atoms with Gasteiger partial charge in [0.15, 0.2) is 5.11 Å². The highest BCUT2D eigenvalue weighted by molar-refractivity contribution is 7.80. The van der Waals surface area contributed by atoms with Crippen molar-refractivity contribution >= 4 is 29.2 Å². The van der Waals surface area contributed by atoms with E-state index in [9.17, 15) is 9.59 Å². The standard InChI is InChI=1S/C18H29N7O3S/c1-3-28-16(27)10-14(2)20-17(29)24-9-6-18(12-24)4-7-23(8-5-18)15(26)11-25-13-19-21-22-25/h13-14H,3-12H2,1-2H3,(H,20,29). The van der Waals surface area contributed by atoms with Crippen LogP contribution in [0.15, 0.2) is 6.33 Å². The van der Waals surface area contributed by atoms with Gasteiger partial charge in [-0.1, -0.05) is 0 Å². The van der Waals surface area contributed by atoms with Gasteiger partial charge in [0.1, 0.15) is 12.9 Å². The number of piperidine rings is 1. The van der Waals surface area contributed by atoms with E-state index in [4.69, 9.17) is 17.0 Å². The molecule has 160 valence electrons. The molecule has 2 saturated heterocycles. The monoisotopic (exact) mass is 423 g/mol. The maximum Gasteiger partial charge on any atom is 0.307 e. The Kier molecular flexibility index (Phi) is 6.99. The zero-order valence-electron chi connectivity index (χ0n) is 17.0. The molecule has 1 unspecified atom stereocenters. The molecular weight excluding hydrogens is 394 g/mol. The first-order valence-corrected chi connectivity index (χ1v) is 10.5. The van der Waals surface area contributed by atoms with Crippen LogP contribution in [0.25, 0.3) is 0 Å². The zero-order chi connectivity index (χ0) is 20.9. The molecule has 0 aromatic carbocycles. The van der Waals surface area contributed by atoms with Gasteiger partial charge >= 0.3 is 5.97 Å². The Hall–Kier alpha value is -2.30. The Morgan fingerprint density at radius 2 is 1.93 bits per heavy atom. The minimum absolute atomic E-state index is 0.0481. The number of carbonyl (C=O) groups is 2. The smallest absolute Gasteiger partial charge is 0.307 e. The minimum atomic E-state index is -0.216. The Labute approximate surface area is 175 Å². The van der Waals surface area contributed by atoms with Crippen LogP contribution in [-0.4, -0.2) is 85.8 Å². The van der Waals surface area contributed by atoms with Crippen LogP contribution in [0, 0.1) is 5.41 Å². The lowest BCUT2D eigenvalue weighted by molar-refractivity contribution is -0.143. The van der Waals surface area contributed by atoms with Crippen molar-refractivity contribution in [2.45, 2.75) is 52.1 Å². The first-order valence-electron chi connectivity index (χ1n) is 10.1. The van der Waals surface area contributed by atoms with E-state index in [2.05, 4.69) is 25.7 Å². The molecule has 0 bridgehead atoms. The minimum Gasteiger partial charge on any atom is -0.466 e. The molecule has 0 saturated carbocycles. The van der Waals surface area contributed by atoms with E-state index in [-0.39, 0.29) is 29.9 Å². The van der Waals surface area contributed by atoms with Crippen molar-refractivity contribution in [1.29, 1.82) is 0 Å². The summed E-state index contributed by atoms with van der Waals surface area (Å²) in [7, 11) is 0. The van der Waals surface area contributed by atoms with Gasteiger partial charge < -0.3 is 19.9 Å². The number of hydrogen-bond acceptors (Lipinski definition) is 7. The second-order valence-electron chi connectivity index (χ2n) is 7.92. The molecule has 0 aliphatic carbocycles. The van der Waals surface area contributed by atoms with E-state index in [1.165, 1.54) is 11.0 Å². The Balaban J connectivity index is 1.44. The van der Waals surface area contributed by atoms with Crippen LogP contribution in [-0.2, 0) is 20.9 Å². The van der Waals surface area contributed by atoms with Crippen LogP contribution in [0.5, 0.6) is 0 Å². The molecule has 2 fully saturated rings. The van der Waals surface area contributed by atoms with Crippen LogP contribution < -0.4 is 5.32 Å². The van der Waals surface area contributed by atoms with Gasteiger partial charge in [-0.15, -0.1) is 5.10 Å². The number of nitrogens with zero attached hydrogens (tertiary/aromatic N) is 6. The number of aromatic nitrogens is 4. The maximum absolute atomic E-state index is 12.4. The highest BCUT2D eigenvalue weighted by atomic mass is 32.1. The third kappa shape index (κ3) is 5.62. The van der Waals surface area contributed by atoms with Gasteiger partial charge in [-0.2, -0.15) is 0 Å². The number of amides is 1. The highest BCUT2D eigenvalue weighted by Gasteiger charge is 2.42. The SMILES string of the molecule is CCOC(=O)CC(C)NC(=S)N1CCC2(CCN(C(=O)Cn3cnnn3)CC2)C1. The van der Waals surface area contributed by atoms with E-state index in [1.807, 2.05) is 11.8 Å². The summed E-state index contributed by atoms with van der Waals surface area (Å²) >= 11 is 5.57. The van der Waals surface area contributed by atoms with Crippen LogP contribution in [0.1, 0.15) is 39.5 Å². The van der Waals surface area contributed by atoms with Crippen molar-refractivity contribution in [3.05, 3.63) is 6.33 Å². The second kappa shape index (κ2) is 9.47. The van der Waals surface area contributed by atoms with Gasteiger partial charge in [-0.3, -0.25) is 9.59 Å². The molecule has 0 radical (unpaired) electrons. The Morgan fingerprint density at radius 1 is 1.24 bits per heavy atom. The molecule has 2 aliphatic rings. The molecule has 3 rings (SSSR count). The maximum atomic E-state index is 12.4. The van der Waals surface area contributed by atoms with E-state index in [0.717, 1.165) is 45.4 Å². The Bertz CT molecular complexity index is 719. The summed E-state index contributed by atoms with van der Waals surface area (Å²) in [6.45, 7) is 7.58. The van der Waals surface area contributed by atoms with Crippen LogP contribution in [0.2, 0.25) is 0 Å². The summed E-state index contributed by atoms with van der Waals surface area (Å²) in [5.74, 6) is -0.168. The summed E-state index contributed by atoms with van der Waals surface area (Å²) in [6, 6.07) is -0.0659. The fraction of sp³-hybridized carbons (Fsp3) is 0.778. The molecule has 1 spiro atoms. The summed E-state index contributed by atoms with van der Waals surface area (Å²) in [5.41, 5.74) is 0.196. The quantitative estimate of drug-likeness (QED) is 0.507. The van der Waals surface area contributed by atoms with Gasteiger partial charge in [0.2, 0.25) is 5.91 Å². The number of hydrogen-bond donors (Lipinski definition) is 1.